The Balaban J connectivity index is 1.45. The van der Waals surface area contributed by atoms with Gasteiger partial charge in [0.2, 0.25) is 0 Å². The molecule has 0 aromatic carbocycles. The van der Waals surface area contributed by atoms with Gasteiger partial charge in [0.25, 0.3) is 0 Å². The second kappa shape index (κ2) is 5.04. The Bertz CT molecular complexity index is 847. The van der Waals surface area contributed by atoms with Gasteiger partial charge in [-0.25, -0.2) is 9.97 Å². The van der Waals surface area contributed by atoms with E-state index >= 15 is 0 Å². The molecule has 1 N–H and O–H groups in total. The molecule has 5 rings (SSSR count). The summed E-state index contributed by atoms with van der Waals surface area (Å²) in [5.41, 5.74) is 2.33. The van der Waals surface area contributed by atoms with Crippen LogP contribution >= 0.6 is 11.3 Å². The molecule has 118 valence electrons. The largest absolute Gasteiger partial charge is 0.369 e. The zero-order chi connectivity index (χ0) is 15.3. The van der Waals surface area contributed by atoms with Crippen LogP contribution in [0.2, 0.25) is 0 Å². The van der Waals surface area contributed by atoms with Gasteiger partial charge in [0.05, 0.1) is 12.0 Å². The number of fused-ring (bicyclic) bond motifs is 3. The Labute approximate surface area is 138 Å². The Morgan fingerprint density at radius 3 is 3.04 bits per heavy atom. The number of nitrogens with one attached hydrogen (secondary N) is 1. The number of aromatic nitrogens is 3. The predicted octanol–water partition coefficient (Wildman–Crippen LogP) is 3.09. The molecular weight excluding hydrogens is 308 g/mol. The van der Waals surface area contributed by atoms with Crippen LogP contribution < -0.4 is 4.90 Å². The fourth-order valence-corrected chi connectivity index (χ4v) is 5.08. The Morgan fingerprint density at radius 1 is 1.22 bits per heavy atom. The molecule has 3 aromatic rings. The fourth-order valence-electron chi connectivity index (χ4n) is 3.92. The fraction of sp³-hybridized carbons (Fsp3) is 0.412. The van der Waals surface area contributed by atoms with Crippen LogP contribution in [-0.2, 0) is 16.8 Å². The quantitative estimate of drug-likeness (QED) is 0.747. The van der Waals surface area contributed by atoms with Gasteiger partial charge in [0.15, 0.2) is 0 Å². The van der Waals surface area contributed by atoms with Crippen molar-refractivity contribution >= 4 is 28.2 Å². The van der Waals surface area contributed by atoms with Crippen LogP contribution in [0.15, 0.2) is 30.0 Å². The first-order valence-corrected chi connectivity index (χ1v) is 8.98. The molecule has 1 spiro atoms. The normalized spacial score (nSPS) is 20.1. The molecule has 0 bridgehead atoms. The van der Waals surface area contributed by atoms with Crippen LogP contribution in [0.4, 0.5) is 5.82 Å². The van der Waals surface area contributed by atoms with E-state index in [0.717, 1.165) is 55.8 Å². The van der Waals surface area contributed by atoms with Crippen molar-refractivity contribution in [2.24, 2.45) is 0 Å². The summed E-state index contributed by atoms with van der Waals surface area (Å²) >= 11 is 1.86. The first kappa shape index (κ1) is 13.5. The van der Waals surface area contributed by atoms with E-state index in [0.29, 0.717) is 0 Å². The number of nitrogens with zero attached hydrogens (tertiary/aromatic N) is 3. The molecule has 6 heteroatoms. The van der Waals surface area contributed by atoms with E-state index < -0.39 is 0 Å². The van der Waals surface area contributed by atoms with Crippen molar-refractivity contribution in [2.45, 2.75) is 24.9 Å². The Hall–Kier alpha value is -1.92. The van der Waals surface area contributed by atoms with Gasteiger partial charge in [0, 0.05) is 24.2 Å². The van der Waals surface area contributed by atoms with Crippen molar-refractivity contribution in [1.82, 2.24) is 15.0 Å². The van der Waals surface area contributed by atoms with Crippen LogP contribution in [0.25, 0.3) is 11.0 Å². The van der Waals surface area contributed by atoms with Crippen molar-refractivity contribution in [3.8, 4) is 0 Å². The van der Waals surface area contributed by atoms with Crippen LogP contribution in [0.5, 0.6) is 0 Å². The molecule has 5 heterocycles. The third kappa shape index (κ3) is 2.01. The Morgan fingerprint density at radius 2 is 2.13 bits per heavy atom. The lowest BCUT2D eigenvalue weighted by molar-refractivity contribution is -0.0735. The minimum atomic E-state index is -0.0669. The van der Waals surface area contributed by atoms with E-state index in [2.05, 4.69) is 37.4 Å². The van der Waals surface area contributed by atoms with Gasteiger partial charge in [0.1, 0.15) is 23.4 Å². The molecule has 23 heavy (non-hydrogen) atoms. The maximum Gasteiger partial charge on any atom is 0.142 e. The number of thiophene rings is 1. The topological polar surface area (TPSA) is 54.0 Å². The number of rotatable bonds is 1. The molecule has 1 saturated heterocycles. The number of aromatic amines is 1. The number of piperidine rings is 1. The number of anilines is 1. The average molecular weight is 326 g/mol. The molecule has 3 aromatic heterocycles. The molecule has 0 saturated carbocycles. The van der Waals surface area contributed by atoms with Gasteiger partial charge in [-0.05, 0) is 42.3 Å². The molecular formula is C17H18N4OS. The van der Waals surface area contributed by atoms with E-state index in [-0.39, 0.29) is 5.60 Å². The monoisotopic (exact) mass is 326 g/mol. The molecule has 0 radical (unpaired) electrons. The highest BCUT2D eigenvalue weighted by atomic mass is 32.1. The average Bonchev–Trinajstić information content (AvgIpc) is 3.25. The summed E-state index contributed by atoms with van der Waals surface area (Å²) in [7, 11) is 0. The summed E-state index contributed by atoms with van der Waals surface area (Å²) in [5, 5.41) is 3.31. The summed E-state index contributed by atoms with van der Waals surface area (Å²) in [4.78, 5) is 15.8. The van der Waals surface area contributed by atoms with E-state index in [4.69, 9.17) is 4.74 Å². The zero-order valence-electron chi connectivity index (χ0n) is 12.8. The van der Waals surface area contributed by atoms with Crippen molar-refractivity contribution in [2.75, 3.05) is 24.6 Å². The molecule has 0 amide bonds. The number of ether oxygens (including phenoxy) is 1. The van der Waals surface area contributed by atoms with Gasteiger partial charge in [-0.15, -0.1) is 11.3 Å². The van der Waals surface area contributed by atoms with E-state index in [1.54, 1.807) is 6.33 Å². The van der Waals surface area contributed by atoms with E-state index in [9.17, 15) is 0 Å². The minimum absolute atomic E-state index is 0.0669. The van der Waals surface area contributed by atoms with Crippen LogP contribution in [0.1, 0.15) is 23.3 Å². The maximum absolute atomic E-state index is 6.29. The van der Waals surface area contributed by atoms with Crippen LogP contribution in [0, 0.1) is 0 Å². The summed E-state index contributed by atoms with van der Waals surface area (Å²) in [6.07, 6.45) is 6.68. The maximum atomic E-state index is 6.29. The summed E-state index contributed by atoms with van der Waals surface area (Å²) < 4.78 is 6.29. The highest BCUT2D eigenvalue weighted by Crippen LogP contribution is 2.44. The van der Waals surface area contributed by atoms with Gasteiger partial charge in [-0.1, -0.05) is 0 Å². The second-order valence-corrected chi connectivity index (χ2v) is 7.21. The standard InChI is InChI=1S/C17H18N4OS/c1-6-18-15-13(1)16(20-11-19-15)21-7-4-17(5-8-21)14-12(2-9-22-17)3-10-23-14/h1,3,6,10-11H,2,4-5,7-9H2,(H,18,19,20). The molecule has 0 aliphatic carbocycles. The van der Waals surface area contributed by atoms with Crippen molar-refractivity contribution < 1.29 is 4.74 Å². The zero-order valence-corrected chi connectivity index (χ0v) is 13.6. The summed E-state index contributed by atoms with van der Waals surface area (Å²) in [6.45, 7) is 2.78. The highest BCUT2D eigenvalue weighted by Gasteiger charge is 2.42. The van der Waals surface area contributed by atoms with Crippen LogP contribution in [0.3, 0.4) is 0 Å². The highest BCUT2D eigenvalue weighted by molar-refractivity contribution is 7.10. The van der Waals surface area contributed by atoms with Gasteiger partial charge < -0.3 is 14.6 Å². The first-order valence-electron chi connectivity index (χ1n) is 8.10. The molecule has 0 atom stereocenters. The number of hydrogen-bond donors (Lipinski definition) is 1. The lowest BCUT2D eigenvalue weighted by Crippen LogP contribution is -2.46. The number of hydrogen-bond acceptors (Lipinski definition) is 5. The predicted molar refractivity (Wildman–Crippen MR) is 91.0 cm³/mol. The molecule has 1 fully saturated rings. The van der Waals surface area contributed by atoms with Gasteiger partial charge in [-0.3, -0.25) is 0 Å². The van der Waals surface area contributed by atoms with Crippen LogP contribution in [-0.4, -0.2) is 34.6 Å². The first-order chi connectivity index (χ1) is 11.4. The van der Waals surface area contributed by atoms with Crippen molar-refractivity contribution in [3.05, 3.63) is 40.5 Å². The minimum Gasteiger partial charge on any atom is -0.369 e. The molecule has 2 aliphatic rings. The lowest BCUT2D eigenvalue weighted by atomic mass is 9.85. The van der Waals surface area contributed by atoms with Gasteiger partial charge >= 0.3 is 0 Å². The third-order valence-electron chi connectivity index (χ3n) is 5.11. The van der Waals surface area contributed by atoms with Crippen molar-refractivity contribution in [1.29, 1.82) is 0 Å². The smallest absolute Gasteiger partial charge is 0.142 e. The van der Waals surface area contributed by atoms with E-state index in [1.165, 1.54) is 10.4 Å². The van der Waals surface area contributed by atoms with Crippen molar-refractivity contribution in [3.63, 3.8) is 0 Å². The Kier molecular flexibility index (Phi) is 2.96. The molecule has 5 nitrogen and oxygen atoms in total. The molecule has 0 unspecified atom stereocenters. The van der Waals surface area contributed by atoms with E-state index in [1.807, 2.05) is 17.5 Å². The second-order valence-electron chi connectivity index (χ2n) is 6.29. The lowest BCUT2D eigenvalue weighted by Gasteiger charge is -2.44. The third-order valence-corrected chi connectivity index (χ3v) is 6.26. The SMILES string of the molecule is c1nc(N2CCC3(CC2)OCCc2ccsc23)c2cc[nH]c2n1. The van der Waals surface area contributed by atoms with Gasteiger partial charge in [-0.2, -0.15) is 0 Å². The summed E-state index contributed by atoms with van der Waals surface area (Å²) in [5.74, 6) is 1.04. The summed E-state index contributed by atoms with van der Waals surface area (Å²) in [6, 6.07) is 4.33. The number of H-pyrrole nitrogens is 1. The molecule has 2 aliphatic heterocycles.